The molecule has 21 heavy (non-hydrogen) atoms. The van der Waals surface area contributed by atoms with Crippen LogP contribution in [0.2, 0.25) is 0 Å². The van der Waals surface area contributed by atoms with Crippen molar-refractivity contribution in [3.05, 3.63) is 54.6 Å². The molecule has 0 amide bonds. The van der Waals surface area contributed by atoms with Crippen molar-refractivity contribution in [2.24, 2.45) is 0 Å². The first kappa shape index (κ1) is 13.5. The van der Waals surface area contributed by atoms with E-state index in [1.807, 2.05) is 35.9 Å². The van der Waals surface area contributed by atoms with E-state index < -0.39 is 0 Å². The molecule has 2 heterocycles. The minimum atomic E-state index is 0.0750. The van der Waals surface area contributed by atoms with Gasteiger partial charge in [0.25, 0.3) is 0 Å². The van der Waals surface area contributed by atoms with Gasteiger partial charge in [0.1, 0.15) is 5.82 Å². The van der Waals surface area contributed by atoms with Gasteiger partial charge >= 0.3 is 0 Å². The first-order valence-corrected chi connectivity index (χ1v) is 6.79. The molecule has 0 aliphatic heterocycles. The minimum Gasteiger partial charge on any atom is -0.395 e. The monoisotopic (exact) mass is 280 g/mol. The molecule has 3 rings (SSSR count). The Hall–Kier alpha value is -2.53. The highest BCUT2D eigenvalue weighted by molar-refractivity contribution is 5.59. The summed E-state index contributed by atoms with van der Waals surface area (Å²) in [6.45, 7) is 2.63. The molecule has 0 atom stereocenters. The third-order valence-electron chi connectivity index (χ3n) is 3.24. The maximum Gasteiger partial charge on any atom is 0.159 e. The fraction of sp³-hybridized carbons (Fsp3) is 0.188. The van der Waals surface area contributed by atoms with E-state index in [-0.39, 0.29) is 6.61 Å². The molecule has 0 unspecified atom stereocenters. The lowest BCUT2D eigenvalue weighted by Gasteiger charge is -2.06. The zero-order valence-electron chi connectivity index (χ0n) is 11.8. The standard InChI is InChI=1S/C16H16N4O/c1-12-3-2-4-13(9-12)15-18-10-14(11-19-15)16-17-5-6-20(16)7-8-21/h2-6,9-11,21H,7-8H2,1H3. The van der Waals surface area contributed by atoms with Crippen LogP contribution in [0.3, 0.4) is 0 Å². The fourth-order valence-electron chi connectivity index (χ4n) is 2.23. The molecule has 106 valence electrons. The van der Waals surface area contributed by atoms with Gasteiger partial charge in [0.05, 0.1) is 12.2 Å². The summed E-state index contributed by atoms with van der Waals surface area (Å²) in [5, 5.41) is 9.05. The smallest absolute Gasteiger partial charge is 0.159 e. The second-order valence-corrected chi connectivity index (χ2v) is 4.83. The van der Waals surface area contributed by atoms with Crippen LogP contribution in [0.1, 0.15) is 5.56 Å². The van der Waals surface area contributed by atoms with Crippen LogP contribution in [0.5, 0.6) is 0 Å². The molecule has 0 fully saturated rings. The second kappa shape index (κ2) is 5.85. The maximum absolute atomic E-state index is 9.05. The predicted octanol–water partition coefficient (Wildman–Crippen LogP) is 2.31. The van der Waals surface area contributed by atoms with Crippen molar-refractivity contribution in [2.45, 2.75) is 13.5 Å². The largest absolute Gasteiger partial charge is 0.395 e. The average molecular weight is 280 g/mol. The van der Waals surface area contributed by atoms with Crippen LogP contribution in [0.4, 0.5) is 0 Å². The lowest BCUT2D eigenvalue weighted by atomic mass is 10.1. The van der Waals surface area contributed by atoms with E-state index in [0.29, 0.717) is 12.4 Å². The van der Waals surface area contributed by atoms with Crippen LogP contribution in [-0.4, -0.2) is 31.2 Å². The van der Waals surface area contributed by atoms with E-state index in [1.54, 1.807) is 18.6 Å². The minimum absolute atomic E-state index is 0.0750. The van der Waals surface area contributed by atoms with Crippen molar-refractivity contribution in [1.29, 1.82) is 0 Å². The predicted molar refractivity (Wildman–Crippen MR) is 80.5 cm³/mol. The van der Waals surface area contributed by atoms with E-state index in [1.165, 1.54) is 5.56 Å². The molecule has 3 aromatic rings. The topological polar surface area (TPSA) is 63.8 Å². The van der Waals surface area contributed by atoms with Crippen LogP contribution in [-0.2, 0) is 6.54 Å². The van der Waals surface area contributed by atoms with E-state index in [4.69, 9.17) is 5.11 Å². The number of aliphatic hydroxyl groups excluding tert-OH is 1. The van der Waals surface area contributed by atoms with Crippen LogP contribution in [0.15, 0.2) is 49.1 Å². The maximum atomic E-state index is 9.05. The highest BCUT2D eigenvalue weighted by Crippen LogP contribution is 2.19. The highest BCUT2D eigenvalue weighted by Gasteiger charge is 2.08. The Morgan fingerprint density at radius 2 is 1.90 bits per heavy atom. The van der Waals surface area contributed by atoms with Gasteiger partial charge in [-0.1, -0.05) is 23.8 Å². The van der Waals surface area contributed by atoms with Crippen molar-refractivity contribution in [1.82, 2.24) is 19.5 Å². The van der Waals surface area contributed by atoms with Crippen molar-refractivity contribution in [3.8, 4) is 22.8 Å². The summed E-state index contributed by atoms with van der Waals surface area (Å²) in [5.74, 6) is 1.46. The molecule has 1 aromatic carbocycles. The zero-order chi connectivity index (χ0) is 14.7. The summed E-state index contributed by atoms with van der Waals surface area (Å²) in [5.41, 5.74) is 3.02. The first-order valence-electron chi connectivity index (χ1n) is 6.79. The second-order valence-electron chi connectivity index (χ2n) is 4.83. The molecule has 0 spiro atoms. The molecule has 5 heteroatoms. The van der Waals surface area contributed by atoms with Crippen LogP contribution in [0, 0.1) is 6.92 Å². The van der Waals surface area contributed by atoms with Gasteiger partial charge < -0.3 is 9.67 Å². The van der Waals surface area contributed by atoms with Crippen molar-refractivity contribution >= 4 is 0 Å². The molecule has 0 aliphatic rings. The Labute approximate surface area is 123 Å². The Kier molecular flexibility index (Phi) is 3.75. The van der Waals surface area contributed by atoms with Gasteiger partial charge in [-0.05, 0) is 13.0 Å². The molecule has 0 saturated carbocycles. The molecule has 1 N–H and O–H groups in total. The van der Waals surface area contributed by atoms with Crippen molar-refractivity contribution in [2.75, 3.05) is 6.61 Å². The number of aliphatic hydroxyl groups is 1. The third-order valence-corrected chi connectivity index (χ3v) is 3.24. The Bertz CT molecular complexity index is 734. The summed E-state index contributed by atoms with van der Waals surface area (Å²) < 4.78 is 1.88. The van der Waals surface area contributed by atoms with Crippen LogP contribution < -0.4 is 0 Å². The SMILES string of the molecule is Cc1cccc(-c2ncc(-c3nccn3CCO)cn2)c1. The number of hydrogen-bond donors (Lipinski definition) is 1. The van der Waals surface area contributed by atoms with Crippen molar-refractivity contribution in [3.63, 3.8) is 0 Å². The fourth-order valence-corrected chi connectivity index (χ4v) is 2.23. The van der Waals surface area contributed by atoms with Crippen molar-refractivity contribution < 1.29 is 5.11 Å². The molecular formula is C16H16N4O. The number of imidazole rings is 1. The Morgan fingerprint density at radius 3 is 2.62 bits per heavy atom. The lowest BCUT2D eigenvalue weighted by Crippen LogP contribution is -2.03. The summed E-state index contributed by atoms with van der Waals surface area (Å²) >= 11 is 0. The van der Waals surface area contributed by atoms with Gasteiger partial charge in [0, 0.05) is 36.9 Å². The molecule has 0 radical (unpaired) electrons. The molecule has 2 aromatic heterocycles. The molecule has 0 aliphatic carbocycles. The number of hydrogen-bond acceptors (Lipinski definition) is 4. The van der Waals surface area contributed by atoms with Gasteiger partial charge in [0.15, 0.2) is 5.82 Å². The molecule has 0 saturated heterocycles. The number of nitrogens with zero attached hydrogens (tertiary/aromatic N) is 4. The first-order chi connectivity index (χ1) is 10.3. The Balaban J connectivity index is 1.92. The third kappa shape index (κ3) is 2.83. The van der Waals surface area contributed by atoms with E-state index >= 15 is 0 Å². The zero-order valence-corrected chi connectivity index (χ0v) is 11.8. The van der Waals surface area contributed by atoms with E-state index in [0.717, 1.165) is 17.0 Å². The Morgan fingerprint density at radius 1 is 1.10 bits per heavy atom. The number of aromatic nitrogens is 4. The van der Waals surface area contributed by atoms with E-state index in [9.17, 15) is 0 Å². The van der Waals surface area contributed by atoms with Crippen LogP contribution >= 0.6 is 0 Å². The molecule has 0 bridgehead atoms. The molecular weight excluding hydrogens is 264 g/mol. The van der Waals surface area contributed by atoms with Gasteiger partial charge in [-0.25, -0.2) is 15.0 Å². The normalized spacial score (nSPS) is 10.8. The quantitative estimate of drug-likeness (QED) is 0.796. The summed E-state index contributed by atoms with van der Waals surface area (Å²) in [6.07, 6.45) is 7.07. The average Bonchev–Trinajstić information content (AvgIpc) is 2.96. The van der Waals surface area contributed by atoms with E-state index in [2.05, 4.69) is 21.0 Å². The highest BCUT2D eigenvalue weighted by atomic mass is 16.3. The van der Waals surface area contributed by atoms with Gasteiger partial charge in [0.2, 0.25) is 0 Å². The lowest BCUT2D eigenvalue weighted by molar-refractivity contribution is 0.276. The van der Waals surface area contributed by atoms with Gasteiger partial charge in [-0.2, -0.15) is 0 Å². The summed E-state index contributed by atoms with van der Waals surface area (Å²) in [6, 6.07) is 8.09. The number of rotatable bonds is 4. The van der Waals surface area contributed by atoms with Gasteiger partial charge in [-0.15, -0.1) is 0 Å². The van der Waals surface area contributed by atoms with Crippen LogP contribution in [0.25, 0.3) is 22.8 Å². The summed E-state index contributed by atoms with van der Waals surface area (Å²) in [4.78, 5) is 13.1. The van der Waals surface area contributed by atoms with Gasteiger partial charge in [-0.3, -0.25) is 0 Å². The number of aryl methyl sites for hydroxylation is 1. The molecule has 5 nitrogen and oxygen atoms in total. The number of benzene rings is 1. The summed E-state index contributed by atoms with van der Waals surface area (Å²) in [7, 11) is 0.